The van der Waals surface area contributed by atoms with Crippen molar-refractivity contribution in [2.24, 2.45) is 0 Å². The van der Waals surface area contributed by atoms with E-state index in [1.807, 2.05) is 7.05 Å². The van der Waals surface area contributed by atoms with Crippen LogP contribution in [0.4, 0.5) is 0 Å². The predicted octanol–water partition coefficient (Wildman–Crippen LogP) is 2.02. The van der Waals surface area contributed by atoms with E-state index in [2.05, 4.69) is 47.1 Å². The molecule has 1 fully saturated rings. The van der Waals surface area contributed by atoms with E-state index in [0.717, 1.165) is 19.6 Å². The van der Waals surface area contributed by atoms with Gasteiger partial charge in [0.05, 0.1) is 12.6 Å². The SMILES string of the molecule is Cc1ccc(CN2CCC(N(C)CC#N)C2)cc1. The Morgan fingerprint density at radius 2 is 2.11 bits per heavy atom. The first-order chi connectivity index (χ1) is 8.69. The molecule has 2 rings (SSSR count). The van der Waals surface area contributed by atoms with Gasteiger partial charge >= 0.3 is 0 Å². The van der Waals surface area contributed by atoms with Gasteiger partial charge in [-0.15, -0.1) is 0 Å². The molecule has 1 unspecified atom stereocenters. The second-order valence-corrected chi connectivity index (χ2v) is 5.24. The Kier molecular flexibility index (Phi) is 4.35. The zero-order chi connectivity index (χ0) is 13.0. The Labute approximate surface area is 110 Å². The van der Waals surface area contributed by atoms with Crippen LogP contribution in [-0.4, -0.2) is 42.5 Å². The summed E-state index contributed by atoms with van der Waals surface area (Å²) in [5.74, 6) is 0. The smallest absolute Gasteiger partial charge is 0.0866 e. The van der Waals surface area contributed by atoms with Crippen LogP contribution >= 0.6 is 0 Å². The Bertz CT molecular complexity index is 418. The van der Waals surface area contributed by atoms with E-state index < -0.39 is 0 Å². The van der Waals surface area contributed by atoms with Crippen molar-refractivity contribution < 1.29 is 0 Å². The third-order valence-electron chi connectivity index (χ3n) is 3.72. The summed E-state index contributed by atoms with van der Waals surface area (Å²) in [6.07, 6.45) is 1.17. The number of likely N-dealkylation sites (tertiary alicyclic amines) is 1. The molecule has 3 heteroatoms. The van der Waals surface area contributed by atoms with Crippen LogP contribution in [0.1, 0.15) is 17.5 Å². The van der Waals surface area contributed by atoms with E-state index in [1.54, 1.807) is 0 Å². The largest absolute Gasteiger partial charge is 0.297 e. The summed E-state index contributed by atoms with van der Waals surface area (Å²) in [7, 11) is 2.04. The van der Waals surface area contributed by atoms with E-state index >= 15 is 0 Å². The summed E-state index contributed by atoms with van der Waals surface area (Å²) in [5, 5.41) is 8.72. The van der Waals surface area contributed by atoms with Crippen LogP contribution in [0.15, 0.2) is 24.3 Å². The van der Waals surface area contributed by atoms with Gasteiger partial charge in [0.25, 0.3) is 0 Å². The molecular formula is C15H21N3. The highest BCUT2D eigenvalue weighted by Gasteiger charge is 2.25. The Morgan fingerprint density at radius 3 is 2.78 bits per heavy atom. The molecule has 0 N–H and O–H groups in total. The summed E-state index contributed by atoms with van der Waals surface area (Å²) >= 11 is 0. The van der Waals surface area contributed by atoms with Crippen LogP contribution in [0, 0.1) is 18.3 Å². The summed E-state index contributed by atoms with van der Waals surface area (Å²) < 4.78 is 0. The molecule has 1 aromatic carbocycles. The van der Waals surface area contributed by atoms with E-state index in [1.165, 1.54) is 17.5 Å². The van der Waals surface area contributed by atoms with Gasteiger partial charge in [-0.3, -0.25) is 9.80 Å². The second-order valence-electron chi connectivity index (χ2n) is 5.24. The average Bonchev–Trinajstić information content (AvgIpc) is 2.81. The van der Waals surface area contributed by atoms with Crippen LogP contribution in [-0.2, 0) is 6.54 Å². The molecule has 1 saturated heterocycles. The van der Waals surface area contributed by atoms with Crippen molar-refractivity contribution >= 4 is 0 Å². The van der Waals surface area contributed by atoms with Gasteiger partial charge in [0, 0.05) is 25.7 Å². The maximum absolute atomic E-state index is 8.72. The minimum absolute atomic E-state index is 0.531. The number of benzene rings is 1. The van der Waals surface area contributed by atoms with E-state index in [0.29, 0.717) is 12.6 Å². The minimum atomic E-state index is 0.531. The van der Waals surface area contributed by atoms with Crippen molar-refractivity contribution in [1.82, 2.24) is 9.80 Å². The maximum Gasteiger partial charge on any atom is 0.0866 e. The van der Waals surface area contributed by atoms with Crippen LogP contribution in [0.3, 0.4) is 0 Å². The quantitative estimate of drug-likeness (QED) is 0.758. The Morgan fingerprint density at radius 1 is 1.39 bits per heavy atom. The molecule has 0 spiro atoms. The standard InChI is InChI=1S/C15H21N3/c1-13-3-5-14(6-4-13)11-18-9-7-15(12-18)17(2)10-8-16/h3-6,15H,7,9-12H2,1-2H3. The fourth-order valence-electron chi connectivity index (χ4n) is 2.51. The van der Waals surface area contributed by atoms with Crippen LogP contribution in [0.2, 0.25) is 0 Å². The lowest BCUT2D eigenvalue weighted by Gasteiger charge is -2.22. The number of hydrogen-bond donors (Lipinski definition) is 0. The zero-order valence-corrected chi connectivity index (χ0v) is 11.3. The molecule has 1 aliphatic heterocycles. The third-order valence-corrected chi connectivity index (χ3v) is 3.72. The summed E-state index contributed by atoms with van der Waals surface area (Å²) in [4.78, 5) is 4.64. The van der Waals surface area contributed by atoms with Crippen LogP contribution in [0.5, 0.6) is 0 Å². The fraction of sp³-hybridized carbons (Fsp3) is 0.533. The van der Waals surface area contributed by atoms with Crippen molar-refractivity contribution in [1.29, 1.82) is 5.26 Å². The average molecular weight is 243 g/mol. The molecule has 18 heavy (non-hydrogen) atoms. The Balaban J connectivity index is 1.86. The van der Waals surface area contributed by atoms with Crippen molar-refractivity contribution in [2.75, 3.05) is 26.7 Å². The van der Waals surface area contributed by atoms with Gasteiger partial charge in [-0.1, -0.05) is 29.8 Å². The number of hydrogen-bond acceptors (Lipinski definition) is 3. The molecule has 0 saturated carbocycles. The first-order valence-corrected chi connectivity index (χ1v) is 6.54. The van der Waals surface area contributed by atoms with Crippen molar-refractivity contribution in [2.45, 2.75) is 25.9 Å². The lowest BCUT2D eigenvalue weighted by Crippen LogP contribution is -2.34. The zero-order valence-electron chi connectivity index (χ0n) is 11.3. The molecular weight excluding hydrogens is 222 g/mol. The highest BCUT2D eigenvalue weighted by molar-refractivity contribution is 5.21. The summed E-state index contributed by atoms with van der Waals surface area (Å²) in [6, 6.07) is 11.5. The monoisotopic (exact) mass is 243 g/mol. The summed E-state index contributed by atoms with van der Waals surface area (Å²) in [6.45, 7) is 5.88. The lowest BCUT2D eigenvalue weighted by atomic mass is 10.1. The second kappa shape index (κ2) is 5.99. The van der Waals surface area contributed by atoms with E-state index in [4.69, 9.17) is 5.26 Å². The van der Waals surface area contributed by atoms with Crippen LogP contribution in [0.25, 0.3) is 0 Å². The van der Waals surface area contributed by atoms with Crippen molar-refractivity contribution in [3.8, 4) is 6.07 Å². The molecule has 1 heterocycles. The lowest BCUT2D eigenvalue weighted by molar-refractivity contribution is 0.249. The molecule has 3 nitrogen and oxygen atoms in total. The van der Waals surface area contributed by atoms with Gasteiger partial charge in [-0.2, -0.15) is 5.26 Å². The molecule has 96 valence electrons. The number of likely N-dealkylation sites (N-methyl/N-ethyl adjacent to an activating group) is 1. The van der Waals surface area contributed by atoms with Crippen LogP contribution < -0.4 is 0 Å². The molecule has 0 amide bonds. The van der Waals surface area contributed by atoms with Crippen molar-refractivity contribution in [3.05, 3.63) is 35.4 Å². The van der Waals surface area contributed by atoms with Gasteiger partial charge < -0.3 is 0 Å². The number of nitrogens with zero attached hydrogens (tertiary/aromatic N) is 3. The molecule has 1 aromatic rings. The normalized spacial score (nSPS) is 20.2. The highest BCUT2D eigenvalue weighted by atomic mass is 15.2. The summed E-state index contributed by atoms with van der Waals surface area (Å²) in [5.41, 5.74) is 2.69. The minimum Gasteiger partial charge on any atom is -0.297 e. The first kappa shape index (κ1) is 13.1. The molecule has 0 aliphatic carbocycles. The third kappa shape index (κ3) is 3.32. The first-order valence-electron chi connectivity index (χ1n) is 6.54. The molecule has 0 aromatic heterocycles. The van der Waals surface area contributed by atoms with Crippen molar-refractivity contribution in [3.63, 3.8) is 0 Å². The van der Waals surface area contributed by atoms with Gasteiger partial charge in [-0.05, 0) is 26.0 Å². The Hall–Kier alpha value is -1.37. The fourth-order valence-corrected chi connectivity index (χ4v) is 2.51. The molecule has 0 radical (unpaired) electrons. The molecule has 1 atom stereocenters. The van der Waals surface area contributed by atoms with Gasteiger partial charge in [0.2, 0.25) is 0 Å². The molecule has 1 aliphatic rings. The number of nitriles is 1. The van der Waals surface area contributed by atoms with Gasteiger partial charge in [0.15, 0.2) is 0 Å². The topological polar surface area (TPSA) is 30.3 Å². The van der Waals surface area contributed by atoms with E-state index in [-0.39, 0.29) is 0 Å². The number of aryl methyl sites for hydroxylation is 1. The predicted molar refractivity (Wildman–Crippen MR) is 73.1 cm³/mol. The maximum atomic E-state index is 8.72. The highest BCUT2D eigenvalue weighted by Crippen LogP contribution is 2.17. The van der Waals surface area contributed by atoms with Gasteiger partial charge in [-0.25, -0.2) is 0 Å². The number of rotatable bonds is 4. The molecule has 0 bridgehead atoms. The van der Waals surface area contributed by atoms with E-state index in [9.17, 15) is 0 Å². The van der Waals surface area contributed by atoms with Gasteiger partial charge in [0.1, 0.15) is 0 Å².